The van der Waals surface area contributed by atoms with Crippen molar-refractivity contribution in [2.24, 2.45) is 12.0 Å². The number of carbonyl (C=O) groups excluding carboxylic acids is 2. The number of thiazole rings is 1. The SMILES string of the molecule is CCOC(=O)c1ccc2c(c1)sc(=NC(=O)c1c(C)cnn1C)n2CC. The monoisotopic (exact) mass is 372 g/mol. The molecule has 136 valence electrons. The molecule has 8 heteroatoms. The molecule has 0 fully saturated rings. The fourth-order valence-electron chi connectivity index (χ4n) is 2.80. The third-order valence-electron chi connectivity index (χ3n) is 4.03. The van der Waals surface area contributed by atoms with E-state index < -0.39 is 0 Å². The second-order valence-electron chi connectivity index (χ2n) is 5.75. The molecule has 0 saturated carbocycles. The highest BCUT2D eigenvalue weighted by molar-refractivity contribution is 7.16. The summed E-state index contributed by atoms with van der Waals surface area (Å²) < 4.78 is 9.42. The molecule has 0 aliphatic rings. The fourth-order valence-corrected chi connectivity index (χ4v) is 3.93. The van der Waals surface area contributed by atoms with Crippen LogP contribution in [0.4, 0.5) is 0 Å². The standard InChI is InChI=1S/C18H20N4O3S/c1-5-22-13-8-7-12(17(24)25-6-2)9-14(13)26-18(22)20-16(23)15-11(3)10-19-21(15)4/h7-10H,5-6H2,1-4H3. The number of fused-ring (bicyclic) bond motifs is 1. The van der Waals surface area contributed by atoms with E-state index in [4.69, 9.17) is 4.74 Å². The summed E-state index contributed by atoms with van der Waals surface area (Å²) in [7, 11) is 1.72. The number of esters is 1. The highest BCUT2D eigenvalue weighted by atomic mass is 32.1. The van der Waals surface area contributed by atoms with E-state index in [1.54, 1.807) is 32.3 Å². The van der Waals surface area contributed by atoms with Crippen molar-refractivity contribution in [3.05, 3.63) is 46.0 Å². The van der Waals surface area contributed by atoms with Crippen LogP contribution in [0.2, 0.25) is 0 Å². The van der Waals surface area contributed by atoms with Gasteiger partial charge in [0.1, 0.15) is 5.69 Å². The molecular formula is C18H20N4O3S. The quantitative estimate of drug-likeness (QED) is 0.660. The van der Waals surface area contributed by atoms with Crippen molar-refractivity contribution in [1.29, 1.82) is 0 Å². The molecule has 0 spiro atoms. The van der Waals surface area contributed by atoms with Gasteiger partial charge in [-0.1, -0.05) is 11.3 Å². The molecule has 0 unspecified atom stereocenters. The molecule has 2 aromatic heterocycles. The second-order valence-corrected chi connectivity index (χ2v) is 6.76. The Balaban J connectivity index is 2.11. The Morgan fingerprint density at radius 2 is 2.08 bits per heavy atom. The lowest BCUT2D eigenvalue weighted by molar-refractivity contribution is 0.0526. The smallest absolute Gasteiger partial charge is 0.338 e. The molecule has 3 rings (SSSR count). The molecule has 1 aromatic carbocycles. The Hall–Kier alpha value is -2.74. The second kappa shape index (κ2) is 7.25. The van der Waals surface area contributed by atoms with Gasteiger partial charge >= 0.3 is 5.97 Å². The van der Waals surface area contributed by atoms with E-state index in [2.05, 4.69) is 10.1 Å². The number of nitrogens with zero attached hydrogens (tertiary/aromatic N) is 4. The lowest BCUT2D eigenvalue weighted by atomic mass is 10.2. The third kappa shape index (κ3) is 3.20. The molecule has 3 aromatic rings. The number of hydrogen-bond donors (Lipinski definition) is 0. The van der Waals surface area contributed by atoms with Crippen LogP contribution in [0, 0.1) is 6.92 Å². The van der Waals surface area contributed by atoms with E-state index in [0.29, 0.717) is 29.2 Å². The number of ether oxygens (including phenoxy) is 1. The van der Waals surface area contributed by atoms with Gasteiger partial charge in [-0.3, -0.25) is 9.48 Å². The highest BCUT2D eigenvalue weighted by Gasteiger charge is 2.15. The zero-order valence-electron chi connectivity index (χ0n) is 15.1. The number of hydrogen-bond acceptors (Lipinski definition) is 5. The molecule has 7 nitrogen and oxygen atoms in total. The number of benzene rings is 1. The van der Waals surface area contributed by atoms with Gasteiger partial charge in [-0.2, -0.15) is 10.1 Å². The predicted molar refractivity (Wildman–Crippen MR) is 99.3 cm³/mol. The van der Waals surface area contributed by atoms with Crippen molar-refractivity contribution in [3.63, 3.8) is 0 Å². The van der Waals surface area contributed by atoms with Crippen LogP contribution in [0.3, 0.4) is 0 Å². The number of aryl methyl sites for hydroxylation is 3. The van der Waals surface area contributed by atoms with Gasteiger partial charge in [0.05, 0.1) is 28.6 Å². The molecule has 0 atom stereocenters. The van der Waals surface area contributed by atoms with Crippen molar-refractivity contribution in [2.45, 2.75) is 27.3 Å². The normalized spacial score (nSPS) is 11.9. The van der Waals surface area contributed by atoms with E-state index in [9.17, 15) is 9.59 Å². The topological polar surface area (TPSA) is 78.5 Å². The maximum atomic E-state index is 12.6. The number of carbonyl (C=O) groups is 2. The van der Waals surface area contributed by atoms with Gasteiger partial charge in [0.25, 0.3) is 5.91 Å². The van der Waals surface area contributed by atoms with Crippen LogP contribution < -0.4 is 4.80 Å². The Labute approximate surface area is 154 Å². The summed E-state index contributed by atoms with van der Waals surface area (Å²) in [5.74, 6) is -0.687. The zero-order chi connectivity index (χ0) is 18.8. The van der Waals surface area contributed by atoms with Gasteiger partial charge in [-0.25, -0.2) is 4.79 Å². The van der Waals surface area contributed by atoms with Crippen molar-refractivity contribution in [3.8, 4) is 0 Å². The molecule has 0 saturated heterocycles. The van der Waals surface area contributed by atoms with Crippen molar-refractivity contribution in [2.75, 3.05) is 6.61 Å². The van der Waals surface area contributed by atoms with Gasteiger partial charge < -0.3 is 9.30 Å². The number of rotatable bonds is 4. The summed E-state index contributed by atoms with van der Waals surface area (Å²) in [6.07, 6.45) is 1.65. The molecule has 0 N–H and O–H groups in total. The van der Waals surface area contributed by atoms with Gasteiger partial charge in [0.15, 0.2) is 4.80 Å². The number of aromatic nitrogens is 3. The first-order valence-electron chi connectivity index (χ1n) is 8.34. The summed E-state index contributed by atoms with van der Waals surface area (Å²) in [6.45, 7) is 6.59. The molecular weight excluding hydrogens is 352 g/mol. The molecule has 1 amide bonds. The summed E-state index contributed by atoms with van der Waals surface area (Å²) in [5.41, 5.74) is 2.68. The largest absolute Gasteiger partial charge is 0.462 e. The molecule has 0 radical (unpaired) electrons. The van der Waals surface area contributed by atoms with E-state index in [1.165, 1.54) is 16.0 Å². The molecule has 0 aliphatic carbocycles. The number of amides is 1. The highest BCUT2D eigenvalue weighted by Crippen LogP contribution is 2.20. The Kier molecular flexibility index (Phi) is 5.03. The van der Waals surface area contributed by atoms with Gasteiger partial charge in [-0.05, 0) is 39.0 Å². The van der Waals surface area contributed by atoms with Crippen LogP contribution in [0.25, 0.3) is 10.2 Å². The third-order valence-corrected chi connectivity index (χ3v) is 5.07. The maximum absolute atomic E-state index is 12.6. The molecule has 0 bridgehead atoms. The molecule has 26 heavy (non-hydrogen) atoms. The first-order chi connectivity index (χ1) is 12.5. The minimum atomic E-state index is -0.356. The van der Waals surface area contributed by atoms with Gasteiger partial charge in [0, 0.05) is 19.2 Å². The van der Waals surface area contributed by atoms with Gasteiger partial charge in [-0.15, -0.1) is 0 Å². The van der Waals surface area contributed by atoms with Crippen molar-refractivity contribution >= 4 is 33.4 Å². The van der Waals surface area contributed by atoms with Crippen LogP contribution in [0.5, 0.6) is 0 Å². The fraction of sp³-hybridized carbons (Fsp3) is 0.333. The van der Waals surface area contributed by atoms with E-state index in [0.717, 1.165) is 15.8 Å². The Bertz CT molecular complexity index is 1040. The van der Waals surface area contributed by atoms with Crippen molar-refractivity contribution < 1.29 is 14.3 Å². The van der Waals surface area contributed by atoms with E-state index in [-0.39, 0.29) is 11.9 Å². The minimum Gasteiger partial charge on any atom is -0.462 e. The predicted octanol–water partition coefficient (Wildman–Crippen LogP) is 2.68. The summed E-state index contributed by atoms with van der Waals surface area (Å²) >= 11 is 1.37. The molecule has 2 heterocycles. The summed E-state index contributed by atoms with van der Waals surface area (Å²) in [4.78, 5) is 29.5. The lowest BCUT2D eigenvalue weighted by Gasteiger charge is -2.03. The van der Waals surface area contributed by atoms with Gasteiger partial charge in [0.2, 0.25) is 0 Å². The minimum absolute atomic E-state index is 0.329. The maximum Gasteiger partial charge on any atom is 0.338 e. The van der Waals surface area contributed by atoms with Crippen LogP contribution >= 0.6 is 11.3 Å². The summed E-state index contributed by atoms with van der Waals surface area (Å²) in [5, 5.41) is 4.09. The first-order valence-corrected chi connectivity index (χ1v) is 9.16. The van der Waals surface area contributed by atoms with E-state index >= 15 is 0 Å². The van der Waals surface area contributed by atoms with Crippen molar-refractivity contribution in [1.82, 2.24) is 14.3 Å². The van der Waals surface area contributed by atoms with Crippen LogP contribution in [-0.4, -0.2) is 32.8 Å². The average Bonchev–Trinajstić information content (AvgIpc) is 3.13. The van der Waals surface area contributed by atoms with Crippen LogP contribution in [0.1, 0.15) is 40.3 Å². The lowest BCUT2D eigenvalue weighted by Crippen LogP contribution is -2.17. The Morgan fingerprint density at radius 1 is 1.31 bits per heavy atom. The van der Waals surface area contributed by atoms with Crippen LogP contribution in [0.15, 0.2) is 29.4 Å². The summed E-state index contributed by atoms with van der Waals surface area (Å²) in [6, 6.07) is 5.37. The average molecular weight is 372 g/mol. The zero-order valence-corrected chi connectivity index (χ0v) is 16.0. The first kappa shape index (κ1) is 18.1. The van der Waals surface area contributed by atoms with Crippen LogP contribution in [-0.2, 0) is 18.3 Å². The van der Waals surface area contributed by atoms with E-state index in [1.807, 2.05) is 24.5 Å². The molecule has 0 aliphatic heterocycles. The Morgan fingerprint density at radius 3 is 2.69 bits per heavy atom.